The van der Waals surface area contributed by atoms with Gasteiger partial charge in [0.05, 0.1) is 12.7 Å². The quantitative estimate of drug-likeness (QED) is 0.796. The molecule has 3 rings (SSSR count). The summed E-state index contributed by atoms with van der Waals surface area (Å²) in [5.74, 6) is -0.943. The van der Waals surface area contributed by atoms with Crippen LogP contribution in [-0.4, -0.2) is 25.6 Å². The van der Waals surface area contributed by atoms with Crippen molar-refractivity contribution in [1.82, 2.24) is 0 Å². The molecule has 0 aromatic heterocycles. The van der Waals surface area contributed by atoms with Crippen LogP contribution in [0, 0.1) is 11.6 Å². The smallest absolute Gasteiger partial charge is 0.158 e. The third-order valence-electron chi connectivity index (χ3n) is 3.99. The van der Waals surface area contributed by atoms with E-state index < -0.39 is 17.2 Å². The Morgan fingerprint density at radius 1 is 1.35 bits per heavy atom. The zero-order chi connectivity index (χ0) is 14.2. The summed E-state index contributed by atoms with van der Waals surface area (Å²) in [6, 6.07) is 3.41. The number of ether oxygens (including phenoxy) is 3. The van der Waals surface area contributed by atoms with Gasteiger partial charge in [-0.1, -0.05) is 0 Å². The van der Waals surface area contributed by atoms with Gasteiger partial charge < -0.3 is 14.2 Å². The highest BCUT2D eigenvalue weighted by molar-refractivity contribution is 5.30. The average molecular weight is 284 g/mol. The minimum absolute atomic E-state index is 0.223. The molecule has 1 aromatic carbocycles. The predicted molar refractivity (Wildman–Crippen MR) is 68.1 cm³/mol. The van der Waals surface area contributed by atoms with Crippen LogP contribution in [0.2, 0.25) is 0 Å². The maximum absolute atomic E-state index is 13.9. The number of rotatable bonds is 4. The second-order valence-electron chi connectivity index (χ2n) is 5.38. The van der Waals surface area contributed by atoms with Crippen molar-refractivity contribution < 1.29 is 23.0 Å². The maximum Gasteiger partial charge on any atom is 0.158 e. The lowest BCUT2D eigenvalue weighted by Crippen LogP contribution is -2.35. The highest BCUT2D eigenvalue weighted by Gasteiger charge is 2.54. The van der Waals surface area contributed by atoms with Gasteiger partial charge >= 0.3 is 0 Å². The fourth-order valence-electron chi connectivity index (χ4n) is 2.66. The first kappa shape index (κ1) is 13.9. The van der Waals surface area contributed by atoms with E-state index >= 15 is 0 Å². The molecule has 1 unspecified atom stereocenters. The molecule has 2 aliphatic rings. The molecule has 0 amide bonds. The molecule has 3 nitrogen and oxygen atoms in total. The van der Waals surface area contributed by atoms with Crippen LogP contribution in [0.1, 0.15) is 31.7 Å². The summed E-state index contributed by atoms with van der Waals surface area (Å²) in [7, 11) is 0. The molecule has 2 aliphatic heterocycles. The molecule has 0 radical (unpaired) electrons. The number of halogens is 2. The van der Waals surface area contributed by atoms with E-state index in [9.17, 15) is 8.78 Å². The molecule has 0 aliphatic carbocycles. The van der Waals surface area contributed by atoms with Gasteiger partial charge in [0.25, 0.3) is 0 Å². The summed E-state index contributed by atoms with van der Waals surface area (Å²) in [5.41, 5.74) is -0.659. The molecular weight excluding hydrogens is 266 g/mol. The average Bonchev–Trinajstić information content (AvgIpc) is 3.24. The molecule has 1 aromatic rings. The molecule has 0 N–H and O–H groups in total. The van der Waals surface area contributed by atoms with Crippen LogP contribution in [0.25, 0.3) is 0 Å². The van der Waals surface area contributed by atoms with Crippen molar-refractivity contribution in [3.8, 4) is 0 Å². The third-order valence-corrected chi connectivity index (χ3v) is 3.99. The Balaban J connectivity index is 1.75. The van der Waals surface area contributed by atoms with Crippen LogP contribution in [0.4, 0.5) is 8.78 Å². The van der Waals surface area contributed by atoms with Crippen molar-refractivity contribution in [3.63, 3.8) is 0 Å². The molecule has 3 atom stereocenters. The Bertz CT molecular complexity index is 482. The zero-order valence-corrected chi connectivity index (χ0v) is 11.4. The lowest BCUT2D eigenvalue weighted by Gasteiger charge is -2.29. The molecule has 5 heteroatoms. The highest BCUT2D eigenvalue weighted by Crippen LogP contribution is 2.45. The minimum Gasteiger partial charge on any atom is -0.362 e. The summed E-state index contributed by atoms with van der Waals surface area (Å²) in [6.07, 6.45) is 2.25. The summed E-state index contributed by atoms with van der Waals surface area (Å²) in [6.45, 7) is 2.83. The molecule has 2 heterocycles. The van der Waals surface area contributed by atoms with Crippen molar-refractivity contribution in [2.24, 2.45) is 0 Å². The van der Waals surface area contributed by atoms with E-state index in [2.05, 4.69) is 0 Å². The fraction of sp³-hybridized carbons (Fsp3) is 0.600. The summed E-state index contributed by atoms with van der Waals surface area (Å²) in [5, 5.41) is 0. The molecular formula is C15H18F2O3. The number of benzene rings is 1. The number of epoxide rings is 1. The van der Waals surface area contributed by atoms with Gasteiger partial charge in [0, 0.05) is 12.2 Å². The molecule has 110 valence electrons. The van der Waals surface area contributed by atoms with Crippen molar-refractivity contribution in [2.75, 3.05) is 13.2 Å². The van der Waals surface area contributed by atoms with Gasteiger partial charge in [-0.3, -0.25) is 0 Å². The third kappa shape index (κ3) is 2.57. The summed E-state index contributed by atoms with van der Waals surface area (Å²) < 4.78 is 44.0. The van der Waals surface area contributed by atoms with Crippen LogP contribution in [0.5, 0.6) is 0 Å². The SMILES string of the molecule is C[C@@H](O[C@@H]1CCCCO1)C1(c2cc(F)ccc2F)CO1. The van der Waals surface area contributed by atoms with Crippen molar-refractivity contribution in [2.45, 2.75) is 44.2 Å². The largest absolute Gasteiger partial charge is 0.362 e. The first-order valence-corrected chi connectivity index (χ1v) is 6.98. The van der Waals surface area contributed by atoms with Crippen LogP contribution < -0.4 is 0 Å². The molecule has 0 spiro atoms. The van der Waals surface area contributed by atoms with E-state index in [1.54, 1.807) is 0 Å². The molecule has 2 fully saturated rings. The van der Waals surface area contributed by atoms with Gasteiger partial charge in [-0.15, -0.1) is 0 Å². The van der Waals surface area contributed by atoms with E-state index in [0.29, 0.717) is 13.2 Å². The van der Waals surface area contributed by atoms with Crippen LogP contribution >= 0.6 is 0 Å². The maximum atomic E-state index is 13.9. The highest BCUT2D eigenvalue weighted by atomic mass is 19.1. The van der Waals surface area contributed by atoms with E-state index in [0.717, 1.165) is 31.4 Å². The Kier molecular flexibility index (Phi) is 3.75. The number of hydrogen-bond acceptors (Lipinski definition) is 3. The van der Waals surface area contributed by atoms with Crippen molar-refractivity contribution in [1.29, 1.82) is 0 Å². The van der Waals surface area contributed by atoms with Gasteiger partial charge in [0.15, 0.2) is 6.29 Å². The normalized spacial score (nSPS) is 31.1. The second kappa shape index (κ2) is 5.39. The predicted octanol–water partition coefficient (Wildman–Crippen LogP) is 3.12. The van der Waals surface area contributed by atoms with Gasteiger partial charge in [-0.05, 0) is 44.4 Å². The first-order chi connectivity index (χ1) is 9.62. The Morgan fingerprint density at radius 2 is 2.15 bits per heavy atom. The van der Waals surface area contributed by atoms with Crippen molar-refractivity contribution in [3.05, 3.63) is 35.4 Å². The molecule has 20 heavy (non-hydrogen) atoms. The van der Waals surface area contributed by atoms with E-state index in [4.69, 9.17) is 14.2 Å². The van der Waals surface area contributed by atoms with Gasteiger partial charge in [0.1, 0.15) is 17.2 Å². The van der Waals surface area contributed by atoms with Gasteiger partial charge in [-0.25, -0.2) is 8.78 Å². The van der Waals surface area contributed by atoms with Crippen LogP contribution in [-0.2, 0) is 19.8 Å². The molecule has 0 bridgehead atoms. The summed E-state index contributed by atoms with van der Waals surface area (Å²) in [4.78, 5) is 0. The van der Waals surface area contributed by atoms with Crippen molar-refractivity contribution >= 4 is 0 Å². The standard InChI is InChI=1S/C15H18F2O3/c1-10(20-14-4-2-3-7-18-14)15(9-19-15)12-8-11(16)5-6-13(12)17/h5-6,8,10,14H,2-4,7,9H2,1H3/t10-,14-,15?/m1/s1. The number of hydrogen-bond donors (Lipinski definition) is 0. The Morgan fingerprint density at radius 3 is 2.80 bits per heavy atom. The zero-order valence-electron chi connectivity index (χ0n) is 11.4. The monoisotopic (exact) mass is 284 g/mol. The lowest BCUT2D eigenvalue weighted by molar-refractivity contribution is -0.197. The van der Waals surface area contributed by atoms with E-state index in [-0.39, 0.29) is 18.0 Å². The van der Waals surface area contributed by atoms with Gasteiger partial charge in [0.2, 0.25) is 0 Å². The van der Waals surface area contributed by atoms with Crippen LogP contribution in [0.15, 0.2) is 18.2 Å². The Labute approximate surface area is 116 Å². The van der Waals surface area contributed by atoms with E-state index in [1.807, 2.05) is 6.92 Å². The van der Waals surface area contributed by atoms with Crippen LogP contribution in [0.3, 0.4) is 0 Å². The fourth-order valence-corrected chi connectivity index (χ4v) is 2.66. The minimum atomic E-state index is -0.882. The Hall–Kier alpha value is -1.04. The second-order valence-corrected chi connectivity index (χ2v) is 5.38. The van der Waals surface area contributed by atoms with Gasteiger partial charge in [-0.2, -0.15) is 0 Å². The summed E-state index contributed by atoms with van der Waals surface area (Å²) >= 11 is 0. The lowest BCUT2D eigenvalue weighted by atomic mass is 9.94. The molecule has 0 saturated carbocycles. The topological polar surface area (TPSA) is 31.0 Å². The first-order valence-electron chi connectivity index (χ1n) is 6.98. The molecule has 2 saturated heterocycles. The van der Waals surface area contributed by atoms with E-state index in [1.165, 1.54) is 6.07 Å².